The van der Waals surface area contributed by atoms with E-state index in [4.69, 9.17) is 9.47 Å². The van der Waals surface area contributed by atoms with Crippen molar-refractivity contribution in [2.75, 3.05) is 52.3 Å². The highest BCUT2D eigenvalue weighted by Gasteiger charge is 2.34. The SMILES string of the molecule is COc1ccc(CC(NC(C)=O)C(=O)N2CCCN(CC(=O)Nc3ccccc3C(F)(F)F)CC2)cc1OC. The van der Waals surface area contributed by atoms with Gasteiger partial charge in [0.1, 0.15) is 6.04 Å². The smallest absolute Gasteiger partial charge is 0.418 e. The quantitative estimate of drug-likeness (QED) is 0.498. The van der Waals surface area contributed by atoms with Crippen molar-refractivity contribution in [2.24, 2.45) is 0 Å². The molecule has 3 rings (SSSR count). The molecule has 212 valence electrons. The second-order valence-corrected chi connectivity index (χ2v) is 9.19. The Morgan fingerprint density at radius 2 is 1.69 bits per heavy atom. The average Bonchev–Trinajstić information content (AvgIpc) is 3.12. The third-order valence-electron chi connectivity index (χ3n) is 6.34. The van der Waals surface area contributed by atoms with Crippen molar-refractivity contribution in [1.29, 1.82) is 0 Å². The van der Waals surface area contributed by atoms with E-state index in [0.29, 0.717) is 44.1 Å². The lowest BCUT2D eigenvalue weighted by atomic mass is 10.0. The van der Waals surface area contributed by atoms with Crippen molar-refractivity contribution in [1.82, 2.24) is 15.1 Å². The van der Waals surface area contributed by atoms with Crippen LogP contribution in [0.3, 0.4) is 0 Å². The lowest BCUT2D eigenvalue weighted by Gasteiger charge is -2.27. The number of ether oxygens (including phenoxy) is 2. The maximum atomic E-state index is 13.4. The van der Waals surface area contributed by atoms with Crippen molar-refractivity contribution in [3.05, 3.63) is 53.6 Å². The molecule has 0 spiro atoms. The zero-order valence-electron chi connectivity index (χ0n) is 22.1. The van der Waals surface area contributed by atoms with Gasteiger partial charge in [-0.05, 0) is 36.2 Å². The molecule has 2 aromatic rings. The number of rotatable bonds is 9. The Kier molecular flexibility index (Phi) is 10.2. The predicted molar refractivity (Wildman–Crippen MR) is 139 cm³/mol. The molecular formula is C27H33F3N4O5. The summed E-state index contributed by atoms with van der Waals surface area (Å²) in [5.74, 6) is -0.129. The van der Waals surface area contributed by atoms with E-state index in [2.05, 4.69) is 10.6 Å². The van der Waals surface area contributed by atoms with Crippen LogP contribution in [0.15, 0.2) is 42.5 Å². The monoisotopic (exact) mass is 550 g/mol. The second kappa shape index (κ2) is 13.3. The van der Waals surface area contributed by atoms with Gasteiger partial charge in [-0.1, -0.05) is 18.2 Å². The highest BCUT2D eigenvalue weighted by atomic mass is 19.4. The van der Waals surface area contributed by atoms with Crippen molar-refractivity contribution in [2.45, 2.75) is 32.0 Å². The number of carbonyl (C=O) groups excluding carboxylic acids is 3. The van der Waals surface area contributed by atoms with E-state index in [-0.39, 0.29) is 30.5 Å². The van der Waals surface area contributed by atoms with Crippen molar-refractivity contribution >= 4 is 23.4 Å². The number of nitrogens with zero attached hydrogens (tertiary/aromatic N) is 2. The zero-order valence-corrected chi connectivity index (χ0v) is 22.1. The number of carbonyl (C=O) groups is 3. The van der Waals surface area contributed by atoms with Crippen LogP contribution in [0.1, 0.15) is 24.5 Å². The average molecular weight is 551 g/mol. The summed E-state index contributed by atoms with van der Waals surface area (Å²) >= 11 is 0. The minimum Gasteiger partial charge on any atom is -0.493 e. The normalized spacial score (nSPS) is 15.2. The first kappa shape index (κ1) is 29.8. The number of amides is 3. The van der Waals surface area contributed by atoms with Gasteiger partial charge in [-0.25, -0.2) is 0 Å². The molecule has 2 N–H and O–H groups in total. The van der Waals surface area contributed by atoms with Crippen molar-refractivity contribution < 1.29 is 37.0 Å². The minimum absolute atomic E-state index is 0.116. The molecular weight excluding hydrogens is 517 g/mol. The van der Waals surface area contributed by atoms with Crippen LogP contribution in [0, 0.1) is 0 Å². The van der Waals surface area contributed by atoms with Crippen LogP contribution in [0.2, 0.25) is 0 Å². The molecule has 9 nitrogen and oxygen atoms in total. The molecule has 1 saturated heterocycles. The number of para-hydroxylation sites is 1. The molecule has 0 aliphatic carbocycles. The van der Waals surface area contributed by atoms with Gasteiger partial charge in [0.15, 0.2) is 11.5 Å². The lowest BCUT2D eigenvalue weighted by molar-refractivity contribution is -0.137. The van der Waals surface area contributed by atoms with E-state index in [0.717, 1.165) is 11.6 Å². The van der Waals surface area contributed by atoms with E-state index >= 15 is 0 Å². The van der Waals surface area contributed by atoms with E-state index in [9.17, 15) is 27.6 Å². The maximum absolute atomic E-state index is 13.4. The fourth-order valence-electron chi connectivity index (χ4n) is 4.49. The molecule has 1 atom stereocenters. The summed E-state index contributed by atoms with van der Waals surface area (Å²) in [5.41, 5.74) is -0.438. The maximum Gasteiger partial charge on any atom is 0.418 e. The van der Waals surface area contributed by atoms with E-state index in [1.165, 1.54) is 39.3 Å². The summed E-state index contributed by atoms with van der Waals surface area (Å²) in [4.78, 5) is 41.3. The van der Waals surface area contributed by atoms with Gasteiger partial charge in [0.05, 0.1) is 32.0 Å². The number of benzene rings is 2. The van der Waals surface area contributed by atoms with Gasteiger partial charge >= 0.3 is 6.18 Å². The first-order chi connectivity index (χ1) is 18.5. The summed E-state index contributed by atoms with van der Waals surface area (Å²) < 4.78 is 50.3. The first-order valence-corrected chi connectivity index (χ1v) is 12.5. The topological polar surface area (TPSA) is 100 Å². The Labute approximate surface area is 225 Å². The fraction of sp³-hybridized carbons (Fsp3) is 0.444. The number of nitrogens with one attached hydrogen (secondary N) is 2. The van der Waals surface area contributed by atoms with E-state index in [1.54, 1.807) is 28.0 Å². The Balaban J connectivity index is 1.63. The number of hydrogen-bond acceptors (Lipinski definition) is 6. The van der Waals surface area contributed by atoms with Gasteiger partial charge in [-0.3, -0.25) is 19.3 Å². The Morgan fingerprint density at radius 1 is 0.974 bits per heavy atom. The molecule has 1 unspecified atom stereocenters. The van der Waals surface area contributed by atoms with Crippen LogP contribution in [0.4, 0.5) is 18.9 Å². The molecule has 1 fully saturated rings. The molecule has 1 aliphatic heterocycles. The Bertz CT molecular complexity index is 1170. The number of methoxy groups -OCH3 is 2. The fourth-order valence-corrected chi connectivity index (χ4v) is 4.49. The van der Waals surface area contributed by atoms with E-state index in [1.807, 2.05) is 0 Å². The summed E-state index contributed by atoms with van der Waals surface area (Å²) in [6.07, 6.45) is -3.80. The summed E-state index contributed by atoms with van der Waals surface area (Å²) in [6.45, 7) is 2.77. The predicted octanol–water partition coefficient (Wildman–Crippen LogP) is 2.94. The largest absolute Gasteiger partial charge is 0.493 e. The van der Waals surface area contributed by atoms with Gasteiger partial charge < -0.3 is 25.0 Å². The highest BCUT2D eigenvalue weighted by Crippen LogP contribution is 2.34. The molecule has 1 aliphatic rings. The first-order valence-electron chi connectivity index (χ1n) is 12.5. The number of anilines is 1. The van der Waals surface area contributed by atoms with Crippen LogP contribution in [-0.2, 0) is 27.0 Å². The molecule has 0 radical (unpaired) electrons. The molecule has 0 bridgehead atoms. The number of alkyl halides is 3. The van der Waals surface area contributed by atoms with Crippen LogP contribution < -0.4 is 20.1 Å². The van der Waals surface area contributed by atoms with Gasteiger partial charge in [-0.15, -0.1) is 0 Å². The third-order valence-corrected chi connectivity index (χ3v) is 6.34. The molecule has 0 aromatic heterocycles. The molecule has 39 heavy (non-hydrogen) atoms. The zero-order chi connectivity index (χ0) is 28.6. The summed E-state index contributed by atoms with van der Waals surface area (Å²) in [6, 6.07) is 9.28. The summed E-state index contributed by atoms with van der Waals surface area (Å²) in [5, 5.41) is 5.08. The number of hydrogen-bond donors (Lipinski definition) is 2. The molecule has 2 aromatic carbocycles. The summed E-state index contributed by atoms with van der Waals surface area (Å²) in [7, 11) is 3.03. The highest BCUT2D eigenvalue weighted by molar-refractivity contribution is 5.93. The van der Waals surface area contributed by atoms with Gasteiger partial charge in [-0.2, -0.15) is 13.2 Å². The van der Waals surface area contributed by atoms with Crippen LogP contribution in [-0.4, -0.2) is 80.5 Å². The second-order valence-electron chi connectivity index (χ2n) is 9.19. The van der Waals surface area contributed by atoms with Crippen molar-refractivity contribution in [3.63, 3.8) is 0 Å². The molecule has 1 heterocycles. The van der Waals surface area contributed by atoms with Gasteiger partial charge in [0.25, 0.3) is 0 Å². The molecule has 0 saturated carbocycles. The Hall–Kier alpha value is -3.80. The van der Waals surface area contributed by atoms with Crippen molar-refractivity contribution in [3.8, 4) is 11.5 Å². The van der Waals surface area contributed by atoms with Gasteiger partial charge in [0.2, 0.25) is 17.7 Å². The van der Waals surface area contributed by atoms with Gasteiger partial charge in [0, 0.05) is 39.5 Å². The lowest BCUT2D eigenvalue weighted by Crippen LogP contribution is -2.50. The Morgan fingerprint density at radius 3 is 2.36 bits per heavy atom. The van der Waals surface area contributed by atoms with E-state index < -0.39 is 23.7 Å². The molecule has 12 heteroatoms. The minimum atomic E-state index is -4.59. The number of halogens is 3. The third kappa shape index (κ3) is 8.34. The van der Waals surface area contributed by atoms with Crippen LogP contribution in [0.25, 0.3) is 0 Å². The standard InChI is InChI=1S/C27H33F3N4O5/c1-18(35)31-22(15-19-9-10-23(38-2)24(16-19)39-3)26(37)34-12-6-11-33(13-14-34)17-25(36)32-21-8-5-4-7-20(21)27(28,29)30/h4-5,7-10,16,22H,6,11-15,17H2,1-3H3,(H,31,35)(H,32,36). The van der Waals surface area contributed by atoms with Crippen LogP contribution >= 0.6 is 0 Å². The van der Waals surface area contributed by atoms with Crippen LogP contribution in [0.5, 0.6) is 11.5 Å². The molecule has 3 amide bonds.